The largest absolute Gasteiger partial charge is 0.378 e. The Labute approximate surface area is 210 Å². The van der Waals surface area contributed by atoms with E-state index >= 15 is 0 Å². The van der Waals surface area contributed by atoms with Gasteiger partial charge in [-0.25, -0.2) is 9.78 Å². The Morgan fingerprint density at radius 3 is 2.67 bits per heavy atom. The number of urea groups is 1. The fraction of sp³-hybridized carbons (Fsp3) is 0.480. The number of amides is 2. The van der Waals surface area contributed by atoms with Crippen LogP contribution in [-0.4, -0.2) is 95.1 Å². The van der Waals surface area contributed by atoms with E-state index in [-0.39, 0.29) is 12.1 Å². The molecule has 3 aromatic rings. The molecule has 0 bridgehead atoms. The number of rotatable bonds is 5. The zero-order chi connectivity index (χ0) is 25.1. The number of nitrogens with one attached hydrogen (secondary N) is 1. The van der Waals surface area contributed by atoms with Gasteiger partial charge in [0, 0.05) is 46.3 Å². The Bertz CT molecular complexity index is 1240. The van der Waals surface area contributed by atoms with Gasteiger partial charge in [-0.05, 0) is 25.3 Å². The lowest BCUT2D eigenvalue weighted by atomic mass is 10.1. The summed E-state index contributed by atoms with van der Waals surface area (Å²) in [5, 5.41) is 4.45. The molecular formula is C25H33N9O2. The van der Waals surface area contributed by atoms with E-state index in [1.54, 1.807) is 25.2 Å². The minimum absolute atomic E-state index is 0.0545. The summed E-state index contributed by atoms with van der Waals surface area (Å²) in [4.78, 5) is 32.4. The highest BCUT2D eigenvalue weighted by Gasteiger charge is 2.27. The van der Waals surface area contributed by atoms with E-state index in [1.165, 1.54) is 5.56 Å². The van der Waals surface area contributed by atoms with E-state index in [0.29, 0.717) is 43.6 Å². The molecule has 11 heteroatoms. The van der Waals surface area contributed by atoms with Crippen LogP contribution in [0.15, 0.2) is 35.7 Å². The third-order valence-corrected chi connectivity index (χ3v) is 6.64. The first-order chi connectivity index (χ1) is 17.5. The van der Waals surface area contributed by atoms with E-state index in [2.05, 4.69) is 44.0 Å². The maximum absolute atomic E-state index is 12.4. The number of benzene rings is 1. The zero-order valence-electron chi connectivity index (χ0n) is 21.1. The number of aromatic nitrogens is 4. The molecule has 2 aromatic heterocycles. The molecule has 5 rings (SSSR count). The number of fused-ring (bicyclic) bond motifs is 1. The molecule has 1 aromatic carbocycles. The van der Waals surface area contributed by atoms with Gasteiger partial charge in [0.25, 0.3) is 0 Å². The summed E-state index contributed by atoms with van der Waals surface area (Å²) in [5.41, 5.74) is 6.75. The van der Waals surface area contributed by atoms with Crippen molar-refractivity contribution in [2.45, 2.75) is 25.8 Å². The van der Waals surface area contributed by atoms with Crippen LogP contribution in [0, 0.1) is 6.92 Å². The quantitative estimate of drug-likeness (QED) is 0.432. The Morgan fingerprint density at radius 1 is 1.17 bits per heavy atom. The highest BCUT2D eigenvalue weighted by molar-refractivity contribution is 5.86. The van der Waals surface area contributed by atoms with Crippen molar-refractivity contribution in [1.82, 2.24) is 29.3 Å². The van der Waals surface area contributed by atoms with Crippen molar-refractivity contribution in [3.05, 3.63) is 41.7 Å². The minimum Gasteiger partial charge on any atom is -0.378 e. The highest BCUT2D eigenvalue weighted by Crippen LogP contribution is 2.30. The van der Waals surface area contributed by atoms with Gasteiger partial charge < -0.3 is 24.0 Å². The van der Waals surface area contributed by atoms with Gasteiger partial charge in [-0.3, -0.25) is 5.43 Å². The van der Waals surface area contributed by atoms with Crippen molar-refractivity contribution < 1.29 is 9.53 Å². The van der Waals surface area contributed by atoms with Crippen LogP contribution in [-0.2, 0) is 4.74 Å². The lowest BCUT2D eigenvalue weighted by Gasteiger charge is -2.34. The zero-order valence-corrected chi connectivity index (χ0v) is 21.1. The van der Waals surface area contributed by atoms with Crippen LogP contribution < -0.4 is 10.3 Å². The van der Waals surface area contributed by atoms with E-state index in [0.717, 1.165) is 37.1 Å². The fourth-order valence-electron chi connectivity index (χ4n) is 4.69. The Morgan fingerprint density at radius 2 is 1.94 bits per heavy atom. The molecule has 0 aliphatic carbocycles. The molecule has 4 heterocycles. The molecule has 1 N–H and O–H groups in total. The summed E-state index contributed by atoms with van der Waals surface area (Å²) < 4.78 is 7.66. The normalized spacial score (nSPS) is 17.2. The number of morpholine rings is 1. The number of piperidine rings is 1. The van der Waals surface area contributed by atoms with Crippen molar-refractivity contribution in [3.8, 4) is 0 Å². The molecule has 2 aliphatic heterocycles. The minimum atomic E-state index is 0.0545. The van der Waals surface area contributed by atoms with Crippen molar-refractivity contribution in [3.63, 3.8) is 0 Å². The number of hydrogen-bond donors (Lipinski definition) is 1. The van der Waals surface area contributed by atoms with E-state index in [9.17, 15) is 4.79 Å². The number of ether oxygens (including phenoxy) is 1. The molecule has 0 atom stereocenters. The molecule has 36 heavy (non-hydrogen) atoms. The average molecular weight is 492 g/mol. The molecule has 0 saturated carbocycles. The van der Waals surface area contributed by atoms with Gasteiger partial charge in [0.2, 0.25) is 5.95 Å². The first-order valence-corrected chi connectivity index (χ1v) is 12.4. The lowest BCUT2D eigenvalue weighted by Crippen LogP contribution is -2.44. The summed E-state index contributed by atoms with van der Waals surface area (Å²) in [7, 11) is 3.58. The Balaban J connectivity index is 1.43. The van der Waals surface area contributed by atoms with E-state index < -0.39 is 0 Å². The van der Waals surface area contributed by atoms with Crippen LogP contribution in [0.2, 0.25) is 0 Å². The van der Waals surface area contributed by atoms with Gasteiger partial charge in [-0.15, -0.1) is 0 Å². The predicted octanol–water partition coefficient (Wildman–Crippen LogP) is 2.74. The summed E-state index contributed by atoms with van der Waals surface area (Å²) in [5.74, 6) is 1.21. The summed E-state index contributed by atoms with van der Waals surface area (Å²) in [6, 6.07) is 8.41. The second-order valence-electron chi connectivity index (χ2n) is 9.48. The molecule has 0 spiro atoms. The maximum Gasteiger partial charge on any atom is 0.319 e. The molecule has 2 saturated heterocycles. The smallest absolute Gasteiger partial charge is 0.319 e. The SMILES string of the molecule is Cc1cccc(/C=N/Nc2nc(N3CCOCC3)nc3c2ncn3C2CCN(C(=O)N(C)C)CC2)c1. The Kier molecular flexibility index (Phi) is 6.99. The first-order valence-electron chi connectivity index (χ1n) is 12.4. The Hall–Kier alpha value is -3.73. The van der Waals surface area contributed by atoms with Gasteiger partial charge in [-0.1, -0.05) is 29.8 Å². The molecule has 2 amide bonds. The number of carbonyl (C=O) groups excluding carboxylic acids is 1. The monoisotopic (exact) mass is 491 g/mol. The van der Waals surface area contributed by atoms with Crippen molar-refractivity contribution in [2.24, 2.45) is 5.10 Å². The topological polar surface area (TPSA) is 104 Å². The average Bonchev–Trinajstić information content (AvgIpc) is 3.33. The van der Waals surface area contributed by atoms with Crippen LogP contribution in [0.25, 0.3) is 11.2 Å². The second-order valence-corrected chi connectivity index (χ2v) is 9.48. The summed E-state index contributed by atoms with van der Waals surface area (Å²) in [6.45, 7) is 6.22. The molecule has 2 aliphatic rings. The van der Waals surface area contributed by atoms with Crippen LogP contribution in [0.1, 0.15) is 30.0 Å². The number of anilines is 2. The van der Waals surface area contributed by atoms with Crippen LogP contribution in [0.4, 0.5) is 16.6 Å². The van der Waals surface area contributed by atoms with Crippen LogP contribution in [0.5, 0.6) is 0 Å². The number of hydrazone groups is 1. The maximum atomic E-state index is 12.4. The molecular weight excluding hydrogens is 458 g/mol. The fourth-order valence-corrected chi connectivity index (χ4v) is 4.69. The number of likely N-dealkylation sites (tertiary alicyclic amines) is 1. The number of carbonyl (C=O) groups is 1. The van der Waals surface area contributed by atoms with Gasteiger partial charge >= 0.3 is 6.03 Å². The molecule has 190 valence electrons. The molecule has 11 nitrogen and oxygen atoms in total. The second kappa shape index (κ2) is 10.5. The molecule has 2 fully saturated rings. The highest BCUT2D eigenvalue weighted by atomic mass is 16.5. The number of imidazole rings is 1. The van der Waals surface area contributed by atoms with Gasteiger partial charge in [0.05, 0.1) is 25.8 Å². The number of aryl methyl sites for hydroxylation is 1. The third-order valence-electron chi connectivity index (χ3n) is 6.64. The van der Waals surface area contributed by atoms with Gasteiger partial charge in [0.1, 0.15) is 0 Å². The third kappa shape index (κ3) is 5.11. The van der Waals surface area contributed by atoms with Crippen molar-refractivity contribution >= 4 is 35.2 Å². The first kappa shape index (κ1) is 24.0. The number of hydrogen-bond acceptors (Lipinski definition) is 8. The van der Waals surface area contributed by atoms with Crippen molar-refractivity contribution in [2.75, 3.05) is 63.8 Å². The summed E-state index contributed by atoms with van der Waals surface area (Å²) >= 11 is 0. The predicted molar refractivity (Wildman–Crippen MR) is 140 cm³/mol. The van der Waals surface area contributed by atoms with Gasteiger partial charge in [0.15, 0.2) is 17.0 Å². The van der Waals surface area contributed by atoms with E-state index in [4.69, 9.17) is 14.7 Å². The lowest BCUT2D eigenvalue weighted by molar-refractivity contribution is 0.122. The van der Waals surface area contributed by atoms with Crippen LogP contribution in [0.3, 0.4) is 0 Å². The molecule has 0 unspecified atom stereocenters. The molecule has 0 radical (unpaired) electrons. The van der Waals surface area contributed by atoms with Crippen LogP contribution >= 0.6 is 0 Å². The van der Waals surface area contributed by atoms with E-state index in [1.807, 2.05) is 23.4 Å². The standard InChI is InChI=1S/C25H33N9O2/c1-18-5-4-6-19(15-18)16-27-30-22-21-23(29-24(28-22)32-11-13-36-14-12-32)34(17-26-21)20-7-9-33(10-8-20)25(35)31(2)3/h4-6,15-17,20H,7-14H2,1-3H3,(H,28,29,30)/b27-16+. The van der Waals surface area contributed by atoms with Gasteiger partial charge in [-0.2, -0.15) is 15.1 Å². The summed E-state index contributed by atoms with van der Waals surface area (Å²) in [6.07, 6.45) is 5.31. The van der Waals surface area contributed by atoms with Crippen molar-refractivity contribution in [1.29, 1.82) is 0 Å². The number of nitrogens with zero attached hydrogens (tertiary/aromatic N) is 8.